The predicted molar refractivity (Wildman–Crippen MR) is 116 cm³/mol. The first-order valence-corrected chi connectivity index (χ1v) is 8.74. The minimum Gasteiger partial charge on any atom is -0.357 e. The molecule has 0 saturated heterocycles. The SMILES string of the molecule is CCNC(=NCc1ccc(C)cc1)NCCCCn1ccnc1C.I. The first-order chi connectivity index (χ1) is 11.7. The molecule has 2 aromatic rings. The Bertz CT molecular complexity index is 634. The van der Waals surface area contributed by atoms with Gasteiger partial charge in [-0.05, 0) is 39.2 Å². The van der Waals surface area contributed by atoms with E-state index in [2.05, 4.69) is 63.3 Å². The van der Waals surface area contributed by atoms with Crippen molar-refractivity contribution in [2.45, 2.75) is 46.7 Å². The van der Waals surface area contributed by atoms with E-state index in [0.717, 1.165) is 44.3 Å². The van der Waals surface area contributed by atoms with E-state index in [1.807, 2.05) is 19.3 Å². The molecule has 2 N–H and O–H groups in total. The van der Waals surface area contributed by atoms with Crippen LogP contribution >= 0.6 is 24.0 Å². The van der Waals surface area contributed by atoms with E-state index in [1.165, 1.54) is 11.1 Å². The van der Waals surface area contributed by atoms with Crippen LogP contribution in [0.4, 0.5) is 0 Å². The quantitative estimate of drug-likeness (QED) is 0.277. The van der Waals surface area contributed by atoms with Gasteiger partial charge in [-0.25, -0.2) is 9.98 Å². The van der Waals surface area contributed by atoms with E-state index in [-0.39, 0.29) is 24.0 Å². The van der Waals surface area contributed by atoms with Crippen LogP contribution in [0.25, 0.3) is 0 Å². The van der Waals surface area contributed by atoms with Crippen molar-refractivity contribution in [1.29, 1.82) is 0 Å². The second-order valence-electron chi connectivity index (χ2n) is 5.98. The van der Waals surface area contributed by atoms with Gasteiger partial charge in [-0.2, -0.15) is 0 Å². The Morgan fingerprint density at radius 1 is 1.12 bits per heavy atom. The van der Waals surface area contributed by atoms with Crippen LogP contribution in [0.3, 0.4) is 0 Å². The standard InChI is InChI=1S/C19H29N5.HI/c1-4-20-19(23-15-18-9-7-16(2)8-10-18)22-11-5-6-13-24-14-12-21-17(24)3;/h7-10,12,14H,4-6,11,13,15H2,1-3H3,(H2,20,22,23);1H. The lowest BCUT2D eigenvalue weighted by molar-refractivity contribution is 0.588. The summed E-state index contributed by atoms with van der Waals surface area (Å²) in [5.41, 5.74) is 2.51. The number of rotatable bonds is 8. The molecule has 0 radical (unpaired) electrons. The summed E-state index contributed by atoms with van der Waals surface area (Å²) >= 11 is 0. The van der Waals surface area contributed by atoms with Gasteiger partial charge in [-0.15, -0.1) is 24.0 Å². The molecule has 0 amide bonds. The summed E-state index contributed by atoms with van der Waals surface area (Å²) in [6, 6.07) is 8.53. The number of halogens is 1. The van der Waals surface area contributed by atoms with E-state index in [1.54, 1.807) is 0 Å². The molecule has 5 nitrogen and oxygen atoms in total. The maximum absolute atomic E-state index is 4.65. The number of imidazole rings is 1. The number of aliphatic imine (C=N–C) groups is 1. The highest BCUT2D eigenvalue weighted by atomic mass is 127. The number of nitrogens with one attached hydrogen (secondary N) is 2. The number of unbranched alkanes of at least 4 members (excludes halogenated alkanes) is 1. The second kappa shape index (κ2) is 11.9. The van der Waals surface area contributed by atoms with Crippen molar-refractivity contribution in [2.24, 2.45) is 4.99 Å². The molecule has 138 valence electrons. The maximum atomic E-state index is 4.65. The molecule has 25 heavy (non-hydrogen) atoms. The number of hydrogen-bond donors (Lipinski definition) is 2. The fourth-order valence-electron chi connectivity index (χ4n) is 2.46. The van der Waals surface area contributed by atoms with Gasteiger partial charge >= 0.3 is 0 Å². The number of benzene rings is 1. The summed E-state index contributed by atoms with van der Waals surface area (Å²) < 4.78 is 2.19. The van der Waals surface area contributed by atoms with Crippen molar-refractivity contribution in [3.63, 3.8) is 0 Å². The molecule has 0 aliphatic rings. The molecular formula is C19H30IN5. The number of aromatic nitrogens is 2. The Labute approximate surface area is 168 Å². The van der Waals surface area contributed by atoms with Gasteiger partial charge in [0.2, 0.25) is 0 Å². The Balaban J connectivity index is 0.00000312. The summed E-state index contributed by atoms with van der Waals surface area (Å²) in [5.74, 6) is 1.97. The summed E-state index contributed by atoms with van der Waals surface area (Å²) in [7, 11) is 0. The van der Waals surface area contributed by atoms with Crippen molar-refractivity contribution in [3.05, 3.63) is 53.6 Å². The van der Waals surface area contributed by atoms with Crippen molar-refractivity contribution < 1.29 is 0 Å². The van der Waals surface area contributed by atoms with E-state index in [9.17, 15) is 0 Å². The van der Waals surface area contributed by atoms with Crippen LogP contribution in [0.5, 0.6) is 0 Å². The zero-order chi connectivity index (χ0) is 17.2. The third-order valence-electron chi connectivity index (χ3n) is 3.93. The smallest absolute Gasteiger partial charge is 0.191 e. The van der Waals surface area contributed by atoms with Crippen molar-refractivity contribution in [2.75, 3.05) is 13.1 Å². The first-order valence-electron chi connectivity index (χ1n) is 8.74. The molecule has 0 saturated carbocycles. The average Bonchev–Trinajstić information content (AvgIpc) is 2.99. The third kappa shape index (κ3) is 7.90. The molecule has 0 unspecified atom stereocenters. The molecule has 2 rings (SSSR count). The zero-order valence-electron chi connectivity index (χ0n) is 15.5. The molecule has 0 bridgehead atoms. The number of hydrogen-bond acceptors (Lipinski definition) is 2. The van der Waals surface area contributed by atoms with Gasteiger partial charge < -0.3 is 15.2 Å². The molecule has 6 heteroatoms. The summed E-state index contributed by atoms with van der Waals surface area (Å²) in [6.45, 7) is 9.74. The molecule has 0 aliphatic heterocycles. The average molecular weight is 455 g/mol. The van der Waals surface area contributed by atoms with E-state index < -0.39 is 0 Å². The molecular weight excluding hydrogens is 425 g/mol. The molecule has 1 heterocycles. The van der Waals surface area contributed by atoms with Gasteiger partial charge in [0, 0.05) is 32.0 Å². The number of nitrogens with zero attached hydrogens (tertiary/aromatic N) is 3. The Morgan fingerprint density at radius 2 is 1.88 bits per heavy atom. The van der Waals surface area contributed by atoms with Crippen LogP contribution in [0.1, 0.15) is 36.7 Å². The molecule has 0 aliphatic carbocycles. The topological polar surface area (TPSA) is 54.2 Å². The molecule has 0 atom stereocenters. The summed E-state index contributed by atoms with van der Waals surface area (Å²) in [5, 5.41) is 6.71. The highest BCUT2D eigenvalue weighted by molar-refractivity contribution is 14.0. The predicted octanol–water partition coefficient (Wildman–Crippen LogP) is 3.65. The molecule has 0 spiro atoms. The Hall–Kier alpha value is -1.57. The van der Waals surface area contributed by atoms with Gasteiger partial charge in [0.05, 0.1) is 6.54 Å². The number of guanidine groups is 1. The normalized spacial score (nSPS) is 11.1. The largest absolute Gasteiger partial charge is 0.357 e. The molecule has 1 aromatic carbocycles. The fraction of sp³-hybridized carbons (Fsp3) is 0.474. The summed E-state index contributed by atoms with van der Waals surface area (Å²) in [6.07, 6.45) is 6.12. The van der Waals surface area contributed by atoms with Gasteiger partial charge in [0.25, 0.3) is 0 Å². The highest BCUT2D eigenvalue weighted by Gasteiger charge is 1.99. The minimum atomic E-state index is 0. The van der Waals surface area contributed by atoms with Crippen molar-refractivity contribution in [1.82, 2.24) is 20.2 Å². The number of aryl methyl sites for hydroxylation is 3. The third-order valence-corrected chi connectivity index (χ3v) is 3.93. The van der Waals surface area contributed by atoms with Gasteiger partial charge in [0.15, 0.2) is 5.96 Å². The summed E-state index contributed by atoms with van der Waals surface area (Å²) in [4.78, 5) is 8.90. The molecule has 1 aromatic heterocycles. The lowest BCUT2D eigenvalue weighted by atomic mass is 10.1. The fourth-order valence-corrected chi connectivity index (χ4v) is 2.46. The second-order valence-corrected chi connectivity index (χ2v) is 5.98. The maximum Gasteiger partial charge on any atom is 0.191 e. The van der Waals surface area contributed by atoms with Crippen LogP contribution < -0.4 is 10.6 Å². The van der Waals surface area contributed by atoms with E-state index in [4.69, 9.17) is 0 Å². The first kappa shape index (κ1) is 21.5. The highest BCUT2D eigenvalue weighted by Crippen LogP contribution is 2.04. The van der Waals surface area contributed by atoms with Gasteiger partial charge in [-0.1, -0.05) is 29.8 Å². The van der Waals surface area contributed by atoms with E-state index >= 15 is 0 Å². The zero-order valence-corrected chi connectivity index (χ0v) is 17.8. The lowest BCUT2D eigenvalue weighted by Crippen LogP contribution is -2.37. The van der Waals surface area contributed by atoms with Crippen LogP contribution in [0.2, 0.25) is 0 Å². The van der Waals surface area contributed by atoms with Crippen LogP contribution in [0, 0.1) is 13.8 Å². The molecule has 0 fully saturated rings. The van der Waals surface area contributed by atoms with E-state index in [0.29, 0.717) is 6.54 Å². The van der Waals surface area contributed by atoms with Gasteiger partial charge in [0.1, 0.15) is 5.82 Å². The minimum absolute atomic E-state index is 0. The van der Waals surface area contributed by atoms with Crippen LogP contribution in [0.15, 0.2) is 41.7 Å². The monoisotopic (exact) mass is 455 g/mol. The van der Waals surface area contributed by atoms with Crippen LogP contribution in [-0.2, 0) is 13.1 Å². The van der Waals surface area contributed by atoms with Crippen LogP contribution in [-0.4, -0.2) is 28.6 Å². The van der Waals surface area contributed by atoms with Crippen molar-refractivity contribution in [3.8, 4) is 0 Å². The van der Waals surface area contributed by atoms with Gasteiger partial charge in [-0.3, -0.25) is 0 Å². The van der Waals surface area contributed by atoms with Crippen molar-refractivity contribution >= 4 is 29.9 Å². The lowest BCUT2D eigenvalue weighted by Gasteiger charge is -2.11. The Kier molecular flexibility index (Phi) is 10.2. The Morgan fingerprint density at radius 3 is 2.52 bits per heavy atom.